The Bertz CT molecular complexity index is 1460. The number of imidazole rings is 1. The highest BCUT2D eigenvalue weighted by Crippen LogP contribution is 2.49. The lowest BCUT2D eigenvalue weighted by molar-refractivity contribution is -0.131. The molecule has 3 aliphatic rings. The molecular formula is C32H36FN3O5. The van der Waals surface area contributed by atoms with E-state index in [1.165, 1.54) is 6.07 Å². The predicted molar refractivity (Wildman–Crippen MR) is 151 cm³/mol. The Morgan fingerprint density at radius 2 is 2.02 bits per heavy atom. The van der Waals surface area contributed by atoms with Gasteiger partial charge in [0.25, 0.3) is 5.79 Å². The van der Waals surface area contributed by atoms with Crippen LogP contribution in [0, 0.1) is 12.7 Å². The molecule has 41 heavy (non-hydrogen) atoms. The number of carboxylic acids is 1. The van der Waals surface area contributed by atoms with Crippen molar-refractivity contribution in [3.8, 4) is 11.5 Å². The normalized spacial score (nSPS) is 23.0. The van der Waals surface area contributed by atoms with Gasteiger partial charge in [0.05, 0.1) is 36.6 Å². The van der Waals surface area contributed by atoms with Gasteiger partial charge in [-0.25, -0.2) is 14.2 Å². The highest BCUT2D eigenvalue weighted by atomic mass is 19.1. The number of rotatable bonds is 8. The number of nitrogens with zero attached hydrogens (tertiary/aromatic N) is 3. The van der Waals surface area contributed by atoms with E-state index >= 15 is 0 Å². The number of likely N-dealkylation sites (tertiary alicyclic amines) is 1. The van der Waals surface area contributed by atoms with Gasteiger partial charge in [-0.15, -0.1) is 0 Å². The minimum absolute atomic E-state index is 0.118. The van der Waals surface area contributed by atoms with E-state index in [2.05, 4.69) is 20.5 Å². The molecule has 2 saturated heterocycles. The van der Waals surface area contributed by atoms with Crippen LogP contribution in [0.15, 0.2) is 48.7 Å². The number of aryl methyl sites for hydroxylation is 1. The Morgan fingerprint density at radius 1 is 1.20 bits per heavy atom. The first-order valence-electron chi connectivity index (χ1n) is 14.4. The average Bonchev–Trinajstić information content (AvgIpc) is 3.67. The van der Waals surface area contributed by atoms with Gasteiger partial charge in [0.15, 0.2) is 11.5 Å². The number of aliphatic carboxylic acids is 1. The standard InChI is InChI=1S/C32H36FN3O5/c1-21-8-10-26(27(33)17-21)32(2)40-28-7-3-6-25(31(28)41-32)22-12-14-35(15-13-22)20-29-34-18-23(9-11-30(37)38)36(29)19-24-5-4-16-39-24/h3,6-11,17-18,22,24H,4-5,12-16,19-20H2,1-2H3,(H,37,38)/b11-9+. The zero-order valence-corrected chi connectivity index (χ0v) is 23.5. The fourth-order valence-corrected chi connectivity index (χ4v) is 6.22. The molecule has 2 unspecified atom stereocenters. The Labute approximate surface area is 239 Å². The summed E-state index contributed by atoms with van der Waals surface area (Å²) < 4.78 is 35.4. The maximum absolute atomic E-state index is 14.9. The van der Waals surface area contributed by atoms with E-state index in [4.69, 9.17) is 19.3 Å². The summed E-state index contributed by atoms with van der Waals surface area (Å²) in [5.41, 5.74) is 3.11. The highest BCUT2D eigenvalue weighted by molar-refractivity contribution is 5.84. The molecule has 0 spiro atoms. The van der Waals surface area contributed by atoms with Crippen LogP contribution in [0.1, 0.15) is 66.7 Å². The summed E-state index contributed by atoms with van der Waals surface area (Å²) in [5, 5.41) is 9.12. The lowest BCUT2D eigenvalue weighted by atomic mass is 9.88. The van der Waals surface area contributed by atoms with Crippen molar-refractivity contribution in [2.45, 2.75) is 70.4 Å². The minimum atomic E-state index is -1.22. The maximum Gasteiger partial charge on any atom is 0.328 e. The Kier molecular flexibility index (Phi) is 7.57. The number of fused-ring (bicyclic) bond motifs is 1. The van der Waals surface area contributed by atoms with Crippen molar-refractivity contribution in [3.63, 3.8) is 0 Å². The highest BCUT2D eigenvalue weighted by Gasteiger charge is 2.42. The van der Waals surface area contributed by atoms with E-state index in [1.54, 1.807) is 25.3 Å². The molecule has 8 nitrogen and oxygen atoms in total. The molecule has 0 aliphatic carbocycles. The molecule has 0 bridgehead atoms. The van der Waals surface area contributed by atoms with Gasteiger partial charge in [-0.3, -0.25) is 4.90 Å². The van der Waals surface area contributed by atoms with Crippen molar-refractivity contribution < 1.29 is 28.5 Å². The molecule has 2 atom stereocenters. The number of halogens is 1. The first-order chi connectivity index (χ1) is 19.8. The summed E-state index contributed by atoms with van der Waals surface area (Å²) in [7, 11) is 0. The zero-order chi connectivity index (χ0) is 28.6. The largest absolute Gasteiger partial charge is 0.478 e. The lowest BCUT2D eigenvalue weighted by Crippen LogP contribution is -2.34. The second-order valence-electron chi connectivity index (χ2n) is 11.4. The molecule has 9 heteroatoms. The molecule has 0 radical (unpaired) electrons. The average molecular weight is 562 g/mol. The van der Waals surface area contributed by atoms with E-state index in [1.807, 2.05) is 25.1 Å². The fourth-order valence-electron chi connectivity index (χ4n) is 6.22. The number of piperidine rings is 1. The predicted octanol–water partition coefficient (Wildman–Crippen LogP) is 5.63. The number of ether oxygens (including phenoxy) is 3. The zero-order valence-electron chi connectivity index (χ0n) is 23.5. The van der Waals surface area contributed by atoms with Crippen LogP contribution in [0.4, 0.5) is 4.39 Å². The van der Waals surface area contributed by atoms with Crippen LogP contribution >= 0.6 is 0 Å². The summed E-state index contributed by atoms with van der Waals surface area (Å²) in [5.74, 6) is 0.0112. The van der Waals surface area contributed by atoms with Crippen LogP contribution in [0.3, 0.4) is 0 Å². The molecule has 4 heterocycles. The quantitative estimate of drug-likeness (QED) is 0.357. The molecule has 3 aliphatic heterocycles. The monoisotopic (exact) mass is 561 g/mol. The third-order valence-electron chi connectivity index (χ3n) is 8.39. The van der Waals surface area contributed by atoms with Gasteiger partial charge in [0, 0.05) is 25.2 Å². The van der Waals surface area contributed by atoms with Crippen molar-refractivity contribution in [1.82, 2.24) is 14.5 Å². The van der Waals surface area contributed by atoms with Crippen molar-refractivity contribution >= 4 is 12.0 Å². The third-order valence-corrected chi connectivity index (χ3v) is 8.39. The minimum Gasteiger partial charge on any atom is -0.478 e. The second kappa shape index (κ2) is 11.3. The number of aromatic nitrogens is 2. The molecule has 1 aromatic heterocycles. The first-order valence-corrected chi connectivity index (χ1v) is 14.4. The van der Waals surface area contributed by atoms with Crippen LogP contribution in [0.5, 0.6) is 11.5 Å². The number of hydrogen-bond acceptors (Lipinski definition) is 6. The Hall–Kier alpha value is -3.69. The molecule has 216 valence electrons. The topological polar surface area (TPSA) is 86.1 Å². The Balaban J connectivity index is 1.14. The van der Waals surface area contributed by atoms with Crippen LogP contribution < -0.4 is 9.47 Å². The van der Waals surface area contributed by atoms with Crippen molar-refractivity contribution in [1.29, 1.82) is 0 Å². The summed E-state index contributed by atoms with van der Waals surface area (Å²) in [6, 6.07) is 11.1. The number of carboxylic acid groups (broad SMARTS) is 1. The number of benzene rings is 2. The van der Waals surface area contributed by atoms with Gasteiger partial charge < -0.3 is 23.9 Å². The summed E-state index contributed by atoms with van der Waals surface area (Å²) in [6.07, 6.45) is 8.53. The smallest absolute Gasteiger partial charge is 0.328 e. The first kappa shape index (κ1) is 27.5. The van der Waals surface area contributed by atoms with Gasteiger partial charge in [-0.1, -0.05) is 18.2 Å². The lowest BCUT2D eigenvalue weighted by Gasteiger charge is -2.32. The van der Waals surface area contributed by atoms with Crippen LogP contribution in [0.25, 0.3) is 6.08 Å². The SMILES string of the molecule is Cc1ccc(C2(C)Oc3cccc(C4CCN(Cc5ncc(/C=C/C(=O)O)n5CC5CCCO5)CC4)c3O2)c(F)c1. The summed E-state index contributed by atoms with van der Waals surface area (Å²) in [4.78, 5) is 18.2. The molecule has 2 fully saturated rings. The van der Waals surface area contributed by atoms with Gasteiger partial charge in [-0.2, -0.15) is 0 Å². The van der Waals surface area contributed by atoms with Gasteiger partial charge in [-0.05, 0) is 81.5 Å². The van der Waals surface area contributed by atoms with E-state index < -0.39 is 11.8 Å². The van der Waals surface area contributed by atoms with Gasteiger partial charge in [0.1, 0.15) is 11.6 Å². The Morgan fingerprint density at radius 3 is 2.76 bits per heavy atom. The van der Waals surface area contributed by atoms with Crippen molar-refractivity contribution in [2.75, 3.05) is 19.7 Å². The molecule has 0 amide bonds. The molecule has 2 aromatic carbocycles. The molecule has 3 aromatic rings. The summed E-state index contributed by atoms with van der Waals surface area (Å²) >= 11 is 0. The van der Waals surface area contributed by atoms with Crippen LogP contribution in [0.2, 0.25) is 0 Å². The second-order valence-corrected chi connectivity index (χ2v) is 11.4. The van der Waals surface area contributed by atoms with Crippen LogP contribution in [-0.4, -0.2) is 51.3 Å². The van der Waals surface area contributed by atoms with E-state index in [0.717, 1.165) is 74.1 Å². The van der Waals surface area contributed by atoms with E-state index in [9.17, 15) is 9.18 Å². The van der Waals surface area contributed by atoms with Crippen molar-refractivity contribution in [2.24, 2.45) is 0 Å². The number of para-hydroxylation sites is 1. The molecular weight excluding hydrogens is 525 g/mol. The fraction of sp³-hybridized carbons (Fsp3) is 0.438. The van der Waals surface area contributed by atoms with Crippen molar-refractivity contribution in [3.05, 3.63) is 82.7 Å². The number of hydrogen-bond donors (Lipinski definition) is 1. The van der Waals surface area contributed by atoms with Gasteiger partial charge >= 0.3 is 5.97 Å². The molecule has 0 saturated carbocycles. The van der Waals surface area contributed by atoms with E-state index in [0.29, 0.717) is 30.2 Å². The number of carbonyl (C=O) groups is 1. The molecule has 1 N–H and O–H groups in total. The third kappa shape index (κ3) is 5.74. The van der Waals surface area contributed by atoms with Crippen LogP contribution in [-0.2, 0) is 28.4 Å². The van der Waals surface area contributed by atoms with E-state index in [-0.39, 0.29) is 17.8 Å². The molecule has 6 rings (SSSR count). The van der Waals surface area contributed by atoms with Gasteiger partial charge in [0.2, 0.25) is 0 Å². The maximum atomic E-state index is 14.9. The summed E-state index contributed by atoms with van der Waals surface area (Å²) in [6.45, 7) is 7.50.